The Kier molecular flexibility index (Phi) is 6.67. The molecule has 1 unspecified atom stereocenters. The Bertz CT molecular complexity index is 947. The van der Waals surface area contributed by atoms with Crippen LogP contribution >= 0.6 is 0 Å². The number of amides is 1. The van der Waals surface area contributed by atoms with E-state index >= 15 is 0 Å². The number of aliphatic hydroxyl groups excluding tert-OH is 1. The van der Waals surface area contributed by atoms with E-state index in [1.165, 1.54) is 29.2 Å². The number of carbonyl (C=O) groups excluding carboxylic acids is 2. The van der Waals surface area contributed by atoms with Crippen molar-refractivity contribution in [1.29, 1.82) is 0 Å². The standard InChI is InChI=1S/C24H27FN2O3/c1-4-26(5-2)14-15-27-21(17-8-6-16(3)7-9-17)20(23(29)24(27)30)22(28)18-10-12-19(25)13-11-18/h6-13,21,28H,4-5,14-15H2,1-3H3/b22-20-. The maximum atomic E-state index is 13.3. The van der Waals surface area contributed by atoms with Gasteiger partial charge in [-0.1, -0.05) is 43.7 Å². The number of likely N-dealkylation sites (N-methyl/N-ethyl adjacent to an activating group) is 1. The topological polar surface area (TPSA) is 60.9 Å². The Labute approximate surface area is 176 Å². The van der Waals surface area contributed by atoms with Crippen molar-refractivity contribution in [3.05, 3.63) is 76.6 Å². The molecule has 1 aliphatic heterocycles. The van der Waals surface area contributed by atoms with Crippen molar-refractivity contribution in [3.63, 3.8) is 0 Å². The van der Waals surface area contributed by atoms with Crippen molar-refractivity contribution in [3.8, 4) is 0 Å². The lowest BCUT2D eigenvalue weighted by Crippen LogP contribution is -2.38. The molecule has 2 aromatic rings. The minimum atomic E-state index is -0.720. The summed E-state index contributed by atoms with van der Waals surface area (Å²) in [5.74, 6) is -2.08. The minimum Gasteiger partial charge on any atom is -0.507 e. The summed E-state index contributed by atoms with van der Waals surface area (Å²) in [7, 11) is 0. The number of aliphatic hydroxyl groups is 1. The van der Waals surface area contributed by atoms with Gasteiger partial charge in [0, 0.05) is 18.7 Å². The van der Waals surface area contributed by atoms with Gasteiger partial charge in [0.1, 0.15) is 11.6 Å². The summed E-state index contributed by atoms with van der Waals surface area (Å²) in [6.07, 6.45) is 0. The zero-order chi connectivity index (χ0) is 21.8. The van der Waals surface area contributed by atoms with Gasteiger partial charge in [0.15, 0.2) is 0 Å². The number of benzene rings is 2. The Balaban J connectivity index is 2.08. The molecule has 1 amide bonds. The van der Waals surface area contributed by atoms with Crippen LogP contribution in [0.5, 0.6) is 0 Å². The molecule has 0 aliphatic carbocycles. The Morgan fingerprint density at radius 1 is 1.03 bits per heavy atom. The third-order valence-corrected chi connectivity index (χ3v) is 5.60. The van der Waals surface area contributed by atoms with Crippen LogP contribution in [0.1, 0.15) is 36.6 Å². The number of ketones is 1. The van der Waals surface area contributed by atoms with E-state index in [0.717, 1.165) is 24.2 Å². The SMILES string of the molecule is CCN(CC)CCN1C(=O)C(=O)/C(=C(\O)c2ccc(F)cc2)C1c1ccc(C)cc1. The molecule has 0 radical (unpaired) electrons. The highest BCUT2D eigenvalue weighted by molar-refractivity contribution is 6.46. The second-order valence-corrected chi connectivity index (χ2v) is 7.44. The Morgan fingerprint density at radius 3 is 2.20 bits per heavy atom. The number of likely N-dealkylation sites (tertiary alicyclic amines) is 1. The predicted molar refractivity (Wildman–Crippen MR) is 114 cm³/mol. The first-order valence-electron chi connectivity index (χ1n) is 10.2. The zero-order valence-electron chi connectivity index (χ0n) is 17.6. The zero-order valence-corrected chi connectivity index (χ0v) is 17.6. The normalized spacial score (nSPS) is 18.4. The number of Topliss-reactive ketones (excluding diaryl/α,β-unsaturated/α-hetero) is 1. The molecule has 1 N–H and O–H groups in total. The average molecular weight is 410 g/mol. The molecule has 1 fully saturated rings. The molecular formula is C24H27FN2O3. The van der Waals surface area contributed by atoms with Crippen LogP contribution in [0.2, 0.25) is 0 Å². The molecule has 0 spiro atoms. The van der Waals surface area contributed by atoms with E-state index in [9.17, 15) is 19.1 Å². The van der Waals surface area contributed by atoms with E-state index in [1.807, 2.05) is 45.0 Å². The second-order valence-electron chi connectivity index (χ2n) is 7.44. The van der Waals surface area contributed by atoms with Crippen LogP contribution in [0.15, 0.2) is 54.1 Å². The Hall–Kier alpha value is -2.99. The van der Waals surface area contributed by atoms with Crippen molar-refractivity contribution in [1.82, 2.24) is 9.80 Å². The summed E-state index contributed by atoms with van der Waals surface area (Å²) >= 11 is 0. The van der Waals surface area contributed by atoms with E-state index in [2.05, 4.69) is 4.90 Å². The fourth-order valence-electron chi connectivity index (χ4n) is 3.76. The molecule has 1 atom stereocenters. The lowest BCUT2D eigenvalue weighted by atomic mass is 9.94. The number of halogens is 1. The van der Waals surface area contributed by atoms with Gasteiger partial charge in [-0.15, -0.1) is 0 Å². The molecule has 1 heterocycles. The van der Waals surface area contributed by atoms with Crippen molar-refractivity contribution in [2.75, 3.05) is 26.2 Å². The first-order valence-corrected chi connectivity index (χ1v) is 10.2. The van der Waals surface area contributed by atoms with Gasteiger partial charge in [-0.05, 0) is 49.8 Å². The molecule has 0 aromatic heterocycles. The quantitative estimate of drug-likeness (QED) is 0.427. The molecule has 1 aliphatic rings. The fourth-order valence-corrected chi connectivity index (χ4v) is 3.76. The van der Waals surface area contributed by atoms with Gasteiger partial charge in [0.2, 0.25) is 0 Å². The molecule has 5 nitrogen and oxygen atoms in total. The van der Waals surface area contributed by atoms with E-state index < -0.39 is 23.5 Å². The molecule has 0 bridgehead atoms. The number of aryl methyl sites for hydroxylation is 1. The van der Waals surface area contributed by atoms with Gasteiger partial charge >= 0.3 is 0 Å². The van der Waals surface area contributed by atoms with Gasteiger partial charge < -0.3 is 14.9 Å². The van der Waals surface area contributed by atoms with Gasteiger partial charge in [-0.25, -0.2) is 4.39 Å². The van der Waals surface area contributed by atoms with E-state index in [1.54, 1.807) is 0 Å². The Morgan fingerprint density at radius 2 is 1.63 bits per heavy atom. The van der Waals surface area contributed by atoms with Gasteiger partial charge in [0.25, 0.3) is 11.7 Å². The van der Waals surface area contributed by atoms with Crippen LogP contribution in [0.4, 0.5) is 4.39 Å². The number of rotatable bonds is 7. The molecule has 30 heavy (non-hydrogen) atoms. The summed E-state index contributed by atoms with van der Waals surface area (Å²) in [4.78, 5) is 29.5. The molecule has 6 heteroatoms. The maximum absolute atomic E-state index is 13.3. The fraction of sp³-hybridized carbons (Fsp3) is 0.333. The molecule has 0 saturated carbocycles. The number of hydrogen-bond donors (Lipinski definition) is 1. The minimum absolute atomic E-state index is 0.0370. The first-order chi connectivity index (χ1) is 14.4. The molecule has 3 rings (SSSR count). The summed E-state index contributed by atoms with van der Waals surface area (Å²) in [5.41, 5.74) is 2.14. The van der Waals surface area contributed by atoms with E-state index in [-0.39, 0.29) is 11.3 Å². The molecule has 1 saturated heterocycles. The van der Waals surface area contributed by atoms with Gasteiger partial charge in [-0.3, -0.25) is 9.59 Å². The van der Waals surface area contributed by atoms with Crippen LogP contribution in [0, 0.1) is 12.7 Å². The van der Waals surface area contributed by atoms with Crippen LogP contribution in [0.25, 0.3) is 5.76 Å². The van der Waals surface area contributed by atoms with Gasteiger partial charge in [0.05, 0.1) is 11.6 Å². The summed E-state index contributed by atoms with van der Waals surface area (Å²) in [6, 6.07) is 12.1. The predicted octanol–water partition coefficient (Wildman–Crippen LogP) is 3.90. The molecule has 158 valence electrons. The highest BCUT2D eigenvalue weighted by atomic mass is 19.1. The van der Waals surface area contributed by atoms with E-state index in [0.29, 0.717) is 18.7 Å². The van der Waals surface area contributed by atoms with Gasteiger partial charge in [-0.2, -0.15) is 0 Å². The highest BCUT2D eigenvalue weighted by Gasteiger charge is 2.45. The third kappa shape index (κ3) is 4.28. The number of hydrogen-bond acceptors (Lipinski definition) is 4. The second kappa shape index (κ2) is 9.22. The lowest BCUT2D eigenvalue weighted by Gasteiger charge is -2.28. The maximum Gasteiger partial charge on any atom is 0.295 e. The average Bonchev–Trinajstić information content (AvgIpc) is 3.00. The summed E-state index contributed by atoms with van der Waals surface area (Å²) in [6.45, 7) is 8.72. The van der Waals surface area contributed by atoms with Crippen molar-refractivity contribution < 1.29 is 19.1 Å². The van der Waals surface area contributed by atoms with Crippen molar-refractivity contribution in [2.45, 2.75) is 26.8 Å². The number of nitrogens with zero attached hydrogens (tertiary/aromatic N) is 2. The first kappa shape index (κ1) is 21.7. The van der Waals surface area contributed by atoms with Crippen LogP contribution in [0.3, 0.4) is 0 Å². The van der Waals surface area contributed by atoms with Crippen LogP contribution in [-0.4, -0.2) is 52.8 Å². The van der Waals surface area contributed by atoms with Crippen LogP contribution in [-0.2, 0) is 9.59 Å². The smallest absolute Gasteiger partial charge is 0.295 e. The third-order valence-electron chi connectivity index (χ3n) is 5.60. The van der Waals surface area contributed by atoms with E-state index in [4.69, 9.17) is 0 Å². The summed E-state index contributed by atoms with van der Waals surface area (Å²) < 4.78 is 13.3. The highest BCUT2D eigenvalue weighted by Crippen LogP contribution is 2.39. The molecule has 2 aromatic carbocycles. The molecular weight excluding hydrogens is 383 g/mol. The lowest BCUT2D eigenvalue weighted by molar-refractivity contribution is -0.140. The largest absolute Gasteiger partial charge is 0.507 e. The number of carbonyl (C=O) groups is 2. The van der Waals surface area contributed by atoms with Crippen molar-refractivity contribution in [2.24, 2.45) is 0 Å². The van der Waals surface area contributed by atoms with Crippen molar-refractivity contribution >= 4 is 17.4 Å². The summed E-state index contributed by atoms with van der Waals surface area (Å²) in [5, 5.41) is 10.9. The van der Waals surface area contributed by atoms with Crippen LogP contribution < -0.4 is 0 Å². The monoisotopic (exact) mass is 410 g/mol.